The monoisotopic (exact) mass is 390 g/mol. The summed E-state index contributed by atoms with van der Waals surface area (Å²) in [5.41, 5.74) is 1.17. The number of halogens is 1. The van der Waals surface area contributed by atoms with Crippen molar-refractivity contribution in [2.45, 2.75) is 26.4 Å². The van der Waals surface area contributed by atoms with Gasteiger partial charge in [-0.05, 0) is 54.0 Å². The molecule has 0 bridgehead atoms. The molecule has 0 aliphatic rings. The van der Waals surface area contributed by atoms with Gasteiger partial charge in [0.05, 0.1) is 17.5 Å². The highest BCUT2D eigenvalue weighted by atomic mass is 79.9. The maximum atomic E-state index is 12.1. The van der Waals surface area contributed by atoms with Crippen molar-refractivity contribution in [3.05, 3.63) is 53.0 Å². The quantitative estimate of drug-likeness (QED) is 0.726. The van der Waals surface area contributed by atoms with Crippen molar-refractivity contribution in [2.24, 2.45) is 0 Å². The topological polar surface area (TPSA) is 67.4 Å². The molecule has 24 heavy (non-hydrogen) atoms. The molecule has 0 spiro atoms. The molecule has 0 fully saturated rings. The van der Waals surface area contributed by atoms with Crippen molar-refractivity contribution in [2.75, 3.05) is 10.6 Å². The predicted octanol–water partition coefficient (Wildman–Crippen LogP) is 4.20. The zero-order valence-electron chi connectivity index (χ0n) is 13.5. The first-order valence-corrected chi connectivity index (χ1v) is 8.35. The summed E-state index contributed by atoms with van der Waals surface area (Å²) in [6.45, 7) is 3.81. The van der Waals surface area contributed by atoms with E-state index in [2.05, 4.69) is 26.6 Å². The zero-order valence-corrected chi connectivity index (χ0v) is 15.1. The standard InChI is InChI=1S/C18H19BrN2O3/c1-12(2)24-16-10-6-5-9-15(16)21-18(23)11-17(22)20-14-8-4-3-7-13(14)19/h3-10,12H,11H2,1-2H3,(H,20,22)(H,21,23). The summed E-state index contributed by atoms with van der Waals surface area (Å²) in [6.07, 6.45) is -0.293. The lowest BCUT2D eigenvalue weighted by Crippen LogP contribution is -2.22. The van der Waals surface area contributed by atoms with Gasteiger partial charge in [-0.1, -0.05) is 24.3 Å². The van der Waals surface area contributed by atoms with Gasteiger partial charge in [-0.15, -0.1) is 0 Å². The van der Waals surface area contributed by atoms with Crippen LogP contribution >= 0.6 is 15.9 Å². The highest BCUT2D eigenvalue weighted by Gasteiger charge is 2.13. The molecule has 2 amide bonds. The number of carbonyl (C=O) groups excluding carboxylic acids is 2. The lowest BCUT2D eigenvalue weighted by Gasteiger charge is -2.14. The molecule has 0 radical (unpaired) electrons. The molecule has 0 aromatic heterocycles. The highest BCUT2D eigenvalue weighted by Crippen LogP contribution is 2.25. The van der Waals surface area contributed by atoms with Crippen molar-refractivity contribution < 1.29 is 14.3 Å². The molecular weight excluding hydrogens is 372 g/mol. The zero-order chi connectivity index (χ0) is 17.5. The summed E-state index contributed by atoms with van der Waals surface area (Å²) in [6, 6.07) is 14.4. The van der Waals surface area contributed by atoms with Crippen LogP contribution in [0.25, 0.3) is 0 Å². The smallest absolute Gasteiger partial charge is 0.233 e. The summed E-state index contributed by atoms with van der Waals surface area (Å²) in [7, 11) is 0. The van der Waals surface area contributed by atoms with Gasteiger partial charge < -0.3 is 15.4 Å². The van der Waals surface area contributed by atoms with Gasteiger partial charge in [0, 0.05) is 4.47 Å². The average Bonchev–Trinajstić information content (AvgIpc) is 2.51. The van der Waals surface area contributed by atoms with Crippen molar-refractivity contribution in [1.82, 2.24) is 0 Å². The number of para-hydroxylation sites is 3. The molecule has 0 saturated carbocycles. The van der Waals surface area contributed by atoms with Crippen molar-refractivity contribution in [3.63, 3.8) is 0 Å². The van der Waals surface area contributed by atoms with Crippen LogP contribution in [0, 0.1) is 0 Å². The van der Waals surface area contributed by atoms with E-state index in [4.69, 9.17) is 4.74 Å². The molecule has 0 heterocycles. The van der Waals surface area contributed by atoms with E-state index in [1.807, 2.05) is 32.0 Å². The maximum absolute atomic E-state index is 12.1. The average molecular weight is 391 g/mol. The van der Waals surface area contributed by atoms with E-state index in [1.54, 1.807) is 30.3 Å². The number of anilines is 2. The molecule has 0 atom stereocenters. The molecule has 0 aliphatic carbocycles. The molecule has 5 nitrogen and oxygen atoms in total. The Bertz CT molecular complexity index is 732. The lowest BCUT2D eigenvalue weighted by molar-refractivity contribution is -0.123. The number of amides is 2. The van der Waals surface area contributed by atoms with Gasteiger partial charge in [0.15, 0.2) is 0 Å². The maximum Gasteiger partial charge on any atom is 0.233 e. The Labute approximate surface area is 149 Å². The summed E-state index contributed by atoms with van der Waals surface area (Å²) in [5.74, 6) is -0.215. The second-order valence-corrected chi connectivity index (χ2v) is 6.27. The molecule has 2 N–H and O–H groups in total. The van der Waals surface area contributed by atoms with Crippen LogP contribution in [-0.4, -0.2) is 17.9 Å². The first kappa shape index (κ1) is 18.0. The molecule has 6 heteroatoms. The van der Waals surface area contributed by atoms with Gasteiger partial charge in [-0.25, -0.2) is 0 Å². The molecule has 2 aromatic carbocycles. The van der Waals surface area contributed by atoms with Crippen LogP contribution in [0.3, 0.4) is 0 Å². The van der Waals surface area contributed by atoms with E-state index in [9.17, 15) is 9.59 Å². The number of benzene rings is 2. The third kappa shape index (κ3) is 5.38. The largest absolute Gasteiger partial charge is 0.489 e. The van der Waals surface area contributed by atoms with E-state index in [0.717, 1.165) is 4.47 Å². The third-order valence-corrected chi connectivity index (χ3v) is 3.68. The van der Waals surface area contributed by atoms with Gasteiger partial charge in [0.2, 0.25) is 11.8 Å². The van der Waals surface area contributed by atoms with E-state index >= 15 is 0 Å². The Morgan fingerprint density at radius 3 is 2.12 bits per heavy atom. The van der Waals surface area contributed by atoms with Gasteiger partial charge in [-0.3, -0.25) is 9.59 Å². The summed E-state index contributed by atoms with van der Waals surface area (Å²) >= 11 is 3.35. The molecule has 126 valence electrons. The Morgan fingerprint density at radius 2 is 1.50 bits per heavy atom. The third-order valence-electron chi connectivity index (χ3n) is 2.99. The number of carbonyl (C=O) groups is 2. The molecular formula is C18H19BrN2O3. The Kier molecular flexibility index (Phi) is 6.37. The summed E-state index contributed by atoms with van der Waals surface area (Å²) in [4.78, 5) is 24.1. The predicted molar refractivity (Wildman–Crippen MR) is 98.2 cm³/mol. The first-order chi connectivity index (χ1) is 11.5. The van der Waals surface area contributed by atoms with Crippen LogP contribution in [0.4, 0.5) is 11.4 Å². The van der Waals surface area contributed by atoms with Gasteiger partial charge in [0.1, 0.15) is 12.2 Å². The number of nitrogens with one attached hydrogen (secondary N) is 2. The second kappa shape index (κ2) is 8.49. The molecule has 0 unspecified atom stereocenters. The highest BCUT2D eigenvalue weighted by molar-refractivity contribution is 9.10. The van der Waals surface area contributed by atoms with E-state index in [0.29, 0.717) is 17.1 Å². The van der Waals surface area contributed by atoms with Crippen LogP contribution in [0.5, 0.6) is 5.75 Å². The van der Waals surface area contributed by atoms with Crippen molar-refractivity contribution >= 4 is 39.1 Å². The molecule has 2 aromatic rings. The SMILES string of the molecule is CC(C)Oc1ccccc1NC(=O)CC(=O)Nc1ccccc1Br. The molecule has 0 saturated heterocycles. The van der Waals surface area contributed by atoms with Crippen LogP contribution in [0.15, 0.2) is 53.0 Å². The van der Waals surface area contributed by atoms with E-state index < -0.39 is 5.91 Å². The summed E-state index contributed by atoms with van der Waals surface area (Å²) < 4.78 is 6.40. The van der Waals surface area contributed by atoms with Crippen LogP contribution < -0.4 is 15.4 Å². The van der Waals surface area contributed by atoms with E-state index in [1.165, 1.54) is 0 Å². The second-order valence-electron chi connectivity index (χ2n) is 5.42. The minimum Gasteiger partial charge on any atom is -0.489 e. The summed E-state index contributed by atoms with van der Waals surface area (Å²) in [5, 5.41) is 5.41. The van der Waals surface area contributed by atoms with Gasteiger partial charge >= 0.3 is 0 Å². The Balaban J connectivity index is 1.96. The van der Waals surface area contributed by atoms with Crippen molar-refractivity contribution in [3.8, 4) is 5.75 Å². The molecule has 0 aliphatic heterocycles. The first-order valence-electron chi connectivity index (χ1n) is 7.55. The number of hydrogen-bond donors (Lipinski definition) is 2. The molecule has 2 rings (SSSR count). The lowest BCUT2D eigenvalue weighted by atomic mass is 10.2. The fourth-order valence-corrected chi connectivity index (χ4v) is 2.41. The fourth-order valence-electron chi connectivity index (χ4n) is 2.02. The van der Waals surface area contributed by atoms with Crippen molar-refractivity contribution in [1.29, 1.82) is 0 Å². The fraction of sp³-hybridized carbons (Fsp3) is 0.222. The minimum absolute atomic E-state index is 0.0122. The number of hydrogen-bond acceptors (Lipinski definition) is 3. The minimum atomic E-state index is -0.403. The van der Waals surface area contributed by atoms with Crippen LogP contribution in [0.2, 0.25) is 0 Å². The van der Waals surface area contributed by atoms with Gasteiger partial charge in [0.25, 0.3) is 0 Å². The van der Waals surface area contributed by atoms with Gasteiger partial charge in [-0.2, -0.15) is 0 Å². The Hall–Kier alpha value is -2.34. The van der Waals surface area contributed by atoms with Crippen LogP contribution in [-0.2, 0) is 9.59 Å². The van der Waals surface area contributed by atoms with E-state index in [-0.39, 0.29) is 18.4 Å². The van der Waals surface area contributed by atoms with Crippen LogP contribution in [0.1, 0.15) is 20.3 Å². The number of rotatable bonds is 6. The normalized spacial score (nSPS) is 10.3. The Morgan fingerprint density at radius 1 is 0.958 bits per heavy atom. The number of ether oxygens (including phenoxy) is 1.